The lowest BCUT2D eigenvalue weighted by Crippen LogP contribution is -2.12. The van der Waals surface area contributed by atoms with Crippen LogP contribution in [0.15, 0.2) is 182 Å². The maximum Gasteiger partial charge on any atom is 0.0619 e. The molecule has 7 aromatic carbocycles. The van der Waals surface area contributed by atoms with Crippen LogP contribution in [0.4, 0.5) is 17.1 Å². The first-order valence-corrected chi connectivity index (χ1v) is 17.2. The lowest BCUT2D eigenvalue weighted by molar-refractivity contribution is 1.13. The molecule has 0 bridgehead atoms. The fraction of sp³-hybridized carbons (Fsp3) is 0.0417. The Morgan fingerprint density at radius 1 is 0.460 bits per heavy atom. The van der Waals surface area contributed by atoms with E-state index in [1.54, 1.807) is 0 Å². The normalized spacial score (nSPS) is 11.3. The van der Waals surface area contributed by atoms with Gasteiger partial charge in [0.25, 0.3) is 0 Å². The molecular formula is C48H38N2. The van der Waals surface area contributed by atoms with Crippen LogP contribution in [0.25, 0.3) is 51.1 Å². The minimum atomic E-state index is 1.13. The average molecular weight is 643 g/mol. The van der Waals surface area contributed by atoms with Crippen LogP contribution in [-0.2, 0) is 0 Å². The van der Waals surface area contributed by atoms with Gasteiger partial charge in [-0.1, -0.05) is 146 Å². The molecule has 0 spiro atoms. The van der Waals surface area contributed by atoms with Gasteiger partial charge in [0.2, 0.25) is 0 Å². The highest BCUT2D eigenvalue weighted by Crippen LogP contribution is 2.43. The van der Waals surface area contributed by atoms with Crippen LogP contribution in [0.5, 0.6) is 0 Å². The van der Waals surface area contributed by atoms with E-state index in [1.807, 2.05) is 0 Å². The molecule has 0 fully saturated rings. The van der Waals surface area contributed by atoms with E-state index in [9.17, 15) is 0 Å². The molecule has 8 aromatic rings. The van der Waals surface area contributed by atoms with E-state index in [2.05, 4.69) is 217 Å². The summed E-state index contributed by atoms with van der Waals surface area (Å²) >= 11 is 0. The third-order valence-corrected chi connectivity index (χ3v) is 9.45. The SMILES string of the molecule is Cc1ccccc1N(c1ccc(C=Cc2ccc3c(c2)c(-c2ccccc2)c(-c2ccccc2)n3-c2ccccc2)cc1)c1ccccc1C. The Morgan fingerprint density at radius 2 is 0.960 bits per heavy atom. The Labute approximate surface area is 294 Å². The summed E-state index contributed by atoms with van der Waals surface area (Å²) in [5.41, 5.74) is 15.4. The van der Waals surface area contributed by atoms with Crippen molar-refractivity contribution < 1.29 is 0 Å². The Morgan fingerprint density at radius 3 is 1.56 bits per heavy atom. The van der Waals surface area contributed by atoms with Crippen molar-refractivity contribution in [2.24, 2.45) is 0 Å². The van der Waals surface area contributed by atoms with Crippen molar-refractivity contribution in [1.82, 2.24) is 4.57 Å². The first kappa shape index (κ1) is 30.9. The van der Waals surface area contributed by atoms with Crippen LogP contribution in [-0.4, -0.2) is 4.57 Å². The van der Waals surface area contributed by atoms with Gasteiger partial charge in [-0.3, -0.25) is 0 Å². The molecule has 0 N–H and O–H groups in total. The molecular weight excluding hydrogens is 605 g/mol. The number of benzene rings is 7. The zero-order valence-electron chi connectivity index (χ0n) is 28.4. The van der Waals surface area contributed by atoms with Gasteiger partial charge in [0.15, 0.2) is 0 Å². The molecule has 0 aliphatic heterocycles. The molecule has 0 aliphatic carbocycles. The van der Waals surface area contributed by atoms with E-state index in [0.717, 1.165) is 22.5 Å². The molecule has 0 aliphatic rings. The summed E-state index contributed by atoms with van der Waals surface area (Å²) in [6.45, 7) is 4.35. The number of anilines is 3. The van der Waals surface area contributed by atoms with Crippen molar-refractivity contribution in [3.63, 3.8) is 0 Å². The average Bonchev–Trinajstić information content (AvgIpc) is 3.51. The van der Waals surface area contributed by atoms with E-state index in [4.69, 9.17) is 0 Å². The number of fused-ring (bicyclic) bond motifs is 1. The zero-order valence-corrected chi connectivity index (χ0v) is 28.4. The topological polar surface area (TPSA) is 8.17 Å². The minimum absolute atomic E-state index is 1.13. The molecule has 0 atom stereocenters. The largest absolute Gasteiger partial charge is 0.310 e. The first-order chi connectivity index (χ1) is 24.7. The fourth-order valence-corrected chi connectivity index (χ4v) is 6.99. The van der Waals surface area contributed by atoms with Gasteiger partial charge in [-0.15, -0.1) is 0 Å². The second-order valence-corrected chi connectivity index (χ2v) is 12.7. The highest BCUT2D eigenvalue weighted by molar-refractivity contribution is 6.06. The van der Waals surface area contributed by atoms with Gasteiger partial charge in [0.1, 0.15) is 0 Å². The summed E-state index contributed by atoms with van der Waals surface area (Å²) in [6.07, 6.45) is 4.44. The molecule has 8 rings (SSSR count). The number of para-hydroxylation sites is 3. The summed E-state index contributed by atoms with van der Waals surface area (Å²) in [5.74, 6) is 0. The number of hydrogen-bond acceptors (Lipinski definition) is 1. The van der Waals surface area contributed by atoms with Gasteiger partial charge in [-0.2, -0.15) is 0 Å². The van der Waals surface area contributed by atoms with Gasteiger partial charge in [-0.25, -0.2) is 0 Å². The number of rotatable bonds is 8. The monoisotopic (exact) mass is 642 g/mol. The van der Waals surface area contributed by atoms with Crippen LogP contribution in [0.2, 0.25) is 0 Å². The second kappa shape index (κ2) is 13.6. The highest BCUT2D eigenvalue weighted by Gasteiger charge is 2.21. The summed E-state index contributed by atoms with van der Waals surface area (Å²) in [4.78, 5) is 2.36. The standard InChI is InChI=1S/C48H38N2/c1-35-16-12-14-24-44(35)49(45-25-15-13-17-36(45)2)42-31-28-37(29-32-42)26-27-38-30-33-46-43(34-38)47(39-18-6-3-7-19-39)48(40-20-8-4-9-21-40)50(46)41-22-10-5-11-23-41/h3-34H,1-2H3. The summed E-state index contributed by atoms with van der Waals surface area (Å²) in [5, 5.41) is 1.23. The predicted molar refractivity (Wildman–Crippen MR) is 214 cm³/mol. The van der Waals surface area contributed by atoms with Crippen molar-refractivity contribution in [2.75, 3.05) is 4.90 Å². The predicted octanol–water partition coefficient (Wildman–Crippen LogP) is 13.2. The maximum atomic E-state index is 2.41. The lowest BCUT2D eigenvalue weighted by Gasteiger charge is -2.28. The minimum Gasteiger partial charge on any atom is -0.310 e. The highest BCUT2D eigenvalue weighted by atomic mass is 15.1. The molecule has 0 saturated heterocycles. The molecule has 0 radical (unpaired) electrons. The number of nitrogens with zero attached hydrogens (tertiary/aromatic N) is 2. The van der Waals surface area contributed by atoms with Crippen molar-refractivity contribution in [1.29, 1.82) is 0 Å². The Hall–Kier alpha value is -6.38. The Kier molecular flexibility index (Phi) is 8.42. The molecule has 240 valence electrons. The van der Waals surface area contributed by atoms with Crippen molar-refractivity contribution in [3.05, 3.63) is 204 Å². The van der Waals surface area contributed by atoms with Gasteiger partial charge in [0, 0.05) is 33.7 Å². The maximum absolute atomic E-state index is 2.41. The van der Waals surface area contributed by atoms with Crippen LogP contribution in [0.1, 0.15) is 22.3 Å². The third kappa shape index (κ3) is 5.93. The number of aromatic nitrogens is 1. The Bertz CT molecular complexity index is 2370. The molecule has 1 aromatic heterocycles. The van der Waals surface area contributed by atoms with E-state index in [0.29, 0.717) is 0 Å². The molecule has 2 nitrogen and oxygen atoms in total. The second-order valence-electron chi connectivity index (χ2n) is 12.7. The molecule has 50 heavy (non-hydrogen) atoms. The van der Waals surface area contributed by atoms with E-state index >= 15 is 0 Å². The van der Waals surface area contributed by atoms with Crippen molar-refractivity contribution in [2.45, 2.75) is 13.8 Å². The molecule has 1 heterocycles. The first-order valence-electron chi connectivity index (χ1n) is 17.2. The summed E-state index contributed by atoms with van der Waals surface area (Å²) in [7, 11) is 0. The Balaban J connectivity index is 1.21. The summed E-state index contributed by atoms with van der Waals surface area (Å²) < 4.78 is 2.41. The van der Waals surface area contributed by atoms with E-state index in [1.165, 1.54) is 55.8 Å². The van der Waals surface area contributed by atoms with Gasteiger partial charge >= 0.3 is 0 Å². The molecule has 2 heteroatoms. The number of hydrogen-bond donors (Lipinski definition) is 0. The van der Waals surface area contributed by atoms with E-state index in [-0.39, 0.29) is 0 Å². The van der Waals surface area contributed by atoms with Crippen LogP contribution >= 0.6 is 0 Å². The van der Waals surface area contributed by atoms with Gasteiger partial charge < -0.3 is 9.47 Å². The summed E-state index contributed by atoms with van der Waals surface area (Å²) in [6, 6.07) is 65.1. The van der Waals surface area contributed by atoms with Crippen LogP contribution < -0.4 is 4.90 Å². The molecule has 0 unspecified atom stereocenters. The van der Waals surface area contributed by atoms with Gasteiger partial charge in [-0.05, 0) is 95.8 Å². The molecule has 0 saturated carbocycles. The quantitative estimate of drug-likeness (QED) is 0.150. The third-order valence-electron chi connectivity index (χ3n) is 9.45. The fourth-order valence-electron chi connectivity index (χ4n) is 6.99. The number of aryl methyl sites for hydroxylation is 2. The van der Waals surface area contributed by atoms with Crippen molar-refractivity contribution >= 4 is 40.1 Å². The lowest BCUT2D eigenvalue weighted by atomic mass is 9.97. The molecule has 0 amide bonds. The van der Waals surface area contributed by atoms with E-state index < -0.39 is 0 Å². The van der Waals surface area contributed by atoms with Crippen LogP contribution in [0.3, 0.4) is 0 Å². The smallest absolute Gasteiger partial charge is 0.0619 e. The van der Waals surface area contributed by atoms with Crippen LogP contribution in [0, 0.1) is 13.8 Å². The van der Waals surface area contributed by atoms with Gasteiger partial charge in [0.05, 0.1) is 11.2 Å². The zero-order chi connectivity index (χ0) is 33.9. The van der Waals surface area contributed by atoms with Crippen molar-refractivity contribution in [3.8, 4) is 28.1 Å².